The van der Waals surface area contributed by atoms with Crippen molar-refractivity contribution in [1.82, 2.24) is 0 Å². The van der Waals surface area contributed by atoms with Gasteiger partial charge < -0.3 is 15.2 Å². The maximum Gasteiger partial charge on any atom is 0.268 e. The van der Waals surface area contributed by atoms with Crippen LogP contribution in [-0.2, 0) is 15.2 Å². The summed E-state index contributed by atoms with van der Waals surface area (Å²) in [5, 5.41) is 14.2. The minimum atomic E-state index is -1.83. The molecular formula is C23H20N2O4. The third-order valence-electron chi connectivity index (χ3n) is 4.99. The zero-order valence-corrected chi connectivity index (χ0v) is 15.8. The van der Waals surface area contributed by atoms with Crippen molar-refractivity contribution in [2.75, 3.05) is 23.9 Å². The second-order valence-corrected chi connectivity index (χ2v) is 6.77. The van der Waals surface area contributed by atoms with Crippen molar-refractivity contribution in [3.05, 3.63) is 90.0 Å². The molecule has 4 rings (SSSR count). The van der Waals surface area contributed by atoms with Crippen LogP contribution in [0.25, 0.3) is 0 Å². The minimum Gasteiger partial charge on any atom is -0.497 e. The van der Waals surface area contributed by atoms with E-state index in [1.807, 2.05) is 6.07 Å². The highest BCUT2D eigenvalue weighted by Gasteiger charge is 2.51. The van der Waals surface area contributed by atoms with E-state index in [4.69, 9.17) is 4.74 Å². The first-order valence-electron chi connectivity index (χ1n) is 9.17. The van der Waals surface area contributed by atoms with E-state index in [-0.39, 0.29) is 12.5 Å². The Morgan fingerprint density at radius 3 is 2.52 bits per heavy atom. The van der Waals surface area contributed by atoms with E-state index in [9.17, 15) is 14.7 Å². The number of amides is 2. The fraction of sp³-hybridized carbons (Fsp3) is 0.130. The minimum absolute atomic E-state index is 0.220. The average molecular weight is 388 g/mol. The highest BCUT2D eigenvalue weighted by atomic mass is 16.5. The monoisotopic (exact) mass is 388 g/mol. The van der Waals surface area contributed by atoms with Crippen LogP contribution < -0.4 is 15.0 Å². The summed E-state index contributed by atoms with van der Waals surface area (Å²) in [5.41, 5.74) is 0.185. The number of aliphatic hydroxyl groups is 1. The number of anilines is 2. The third-order valence-corrected chi connectivity index (χ3v) is 4.99. The summed E-state index contributed by atoms with van der Waals surface area (Å²) in [5.74, 6) is -0.312. The molecule has 3 aromatic carbocycles. The zero-order chi connectivity index (χ0) is 20.4. The number of fused-ring (bicyclic) bond motifs is 1. The van der Waals surface area contributed by atoms with E-state index < -0.39 is 11.5 Å². The van der Waals surface area contributed by atoms with E-state index in [1.54, 1.807) is 79.9 Å². The number of ether oxygens (including phenoxy) is 1. The number of carbonyl (C=O) groups is 2. The van der Waals surface area contributed by atoms with E-state index in [2.05, 4.69) is 5.32 Å². The van der Waals surface area contributed by atoms with Crippen molar-refractivity contribution in [3.63, 3.8) is 0 Å². The standard InChI is InChI=1S/C23H20N2O4/c1-29-18-11-7-10-17(14-18)24-21(26)15-25-20-13-6-5-12-19(20)23(28,22(25)27)16-8-3-2-4-9-16/h2-14,28H,15H2,1H3,(H,24,26)/t23-/m1/s1. The lowest BCUT2D eigenvalue weighted by Crippen LogP contribution is -2.44. The smallest absolute Gasteiger partial charge is 0.268 e. The van der Waals surface area contributed by atoms with Crippen molar-refractivity contribution >= 4 is 23.2 Å². The topological polar surface area (TPSA) is 78.9 Å². The molecule has 0 saturated heterocycles. The van der Waals surface area contributed by atoms with E-state index in [1.165, 1.54) is 4.90 Å². The first kappa shape index (κ1) is 18.7. The van der Waals surface area contributed by atoms with Gasteiger partial charge in [-0.25, -0.2) is 0 Å². The van der Waals surface area contributed by atoms with Gasteiger partial charge in [0.15, 0.2) is 5.60 Å². The van der Waals surface area contributed by atoms with Gasteiger partial charge in [0.25, 0.3) is 5.91 Å². The van der Waals surface area contributed by atoms with Crippen molar-refractivity contribution in [3.8, 4) is 5.75 Å². The molecule has 3 aromatic rings. The number of para-hydroxylation sites is 1. The predicted molar refractivity (Wildman–Crippen MR) is 110 cm³/mol. The van der Waals surface area contributed by atoms with Crippen molar-refractivity contribution < 1.29 is 19.4 Å². The summed E-state index contributed by atoms with van der Waals surface area (Å²) < 4.78 is 5.16. The Morgan fingerprint density at radius 2 is 1.76 bits per heavy atom. The number of benzene rings is 3. The highest BCUT2D eigenvalue weighted by molar-refractivity contribution is 6.12. The number of hydrogen-bond donors (Lipinski definition) is 2. The molecule has 0 radical (unpaired) electrons. The molecule has 0 unspecified atom stereocenters. The van der Waals surface area contributed by atoms with Gasteiger partial charge in [0, 0.05) is 17.3 Å². The molecule has 6 nitrogen and oxygen atoms in total. The molecule has 1 heterocycles. The Labute approximate surface area is 168 Å². The van der Waals surface area contributed by atoms with Gasteiger partial charge in [0.1, 0.15) is 12.3 Å². The van der Waals surface area contributed by atoms with E-state index in [0.29, 0.717) is 28.3 Å². The van der Waals surface area contributed by atoms with Crippen LogP contribution in [0.15, 0.2) is 78.9 Å². The van der Waals surface area contributed by atoms with Gasteiger partial charge >= 0.3 is 0 Å². The Bertz CT molecular complexity index is 1070. The molecule has 29 heavy (non-hydrogen) atoms. The summed E-state index contributed by atoms with van der Waals surface area (Å²) >= 11 is 0. The van der Waals surface area contributed by atoms with Crippen LogP contribution in [0.1, 0.15) is 11.1 Å². The number of rotatable bonds is 5. The van der Waals surface area contributed by atoms with E-state index >= 15 is 0 Å². The molecule has 0 saturated carbocycles. The number of nitrogens with zero attached hydrogens (tertiary/aromatic N) is 1. The largest absolute Gasteiger partial charge is 0.497 e. The fourth-order valence-electron chi connectivity index (χ4n) is 3.60. The SMILES string of the molecule is COc1cccc(NC(=O)CN2C(=O)[C@@](O)(c3ccccc3)c3ccccc32)c1. The molecule has 0 fully saturated rings. The molecule has 2 N–H and O–H groups in total. The molecule has 1 aliphatic heterocycles. The van der Waals surface area contributed by atoms with Gasteiger partial charge in [-0.3, -0.25) is 14.5 Å². The van der Waals surface area contributed by atoms with Gasteiger partial charge in [0.05, 0.1) is 12.8 Å². The Kier molecular flexibility index (Phi) is 4.78. The van der Waals surface area contributed by atoms with Gasteiger partial charge in [-0.05, 0) is 23.8 Å². The van der Waals surface area contributed by atoms with Crippen molar-refractivity contribution in [1.29, 1.82) is 0 Å². The fourth-order valence-corrected chi connectivity index (χ4v) is 3.60. The van der Waals surface area contributed by atoms with Gasteiger partial charge in [0.2, 0.25) is 5.91 Å². The van der Waals surface area contributed by atoms with Crippen LogP contribution in [0.5, 0.6) is 5.75 Å². The number of carbonyl (C=O) groups excluding carboxylic acids is 2. The number of nitrogens with one attached hydrogen (secondary N) is 1. The van der Waals surface area contributed by atoms with E-state index in [0.717, 1.165) is 0 Å². The molecule has 0 aliphatic carbocycles. The maximum absolute atomic E-state index is 13.2. The summed E-state index contributed by atoms with van der Waals surface area (Å²) in [4.78, 5) is 27.2. The lowest BCUT2D eigenvalue weighted by atomic mass is 9.88. The quantitative estimate of drug-likeness (QED) is 0.704. The van der Waals surface area contributed by atoms with Crippen molar-refractivity contribution in [2.24, 2.45) is 0 Å². The van der Waals surface area contributed by atoms with Crippen molar-refractivity contribution in [2.45, 2.75) is 5.60 Å². The molecule has 1 atom stereocenters. The second kappa shape index (κ2) is 7.41. The lowest BCUT2D eigenvalue weighted by Gasteiger charge is -2.23. The second-order valence-electron chi connectivity index (χ2n) is 6.77. The molecule has 0 spiro atoms. The molecular weight excluding hydrogens is 368 g/mol. The summed E-state index contributed by atoms with van der Waals surface area (Å²) in [6.45, 7) is -0.220. The van der Waals surface area contributed by atoms with Gasteiger partial charge in [-0.15, -0.1) is 0 Å². The third kappa shape index (κ3) is 3.23. The number of hydrogen-bond acceptors (Lipinski definition) is 4. The first-order valence-corrected chi connectivity index (χ1v) is 9.17. The summed E-state index contributed by atoms with van der Waals surface area (Å²) in [6.07, 6.45) is 0. The Balaban J connectivity index is 1.63. The average Bonchev–Trinajstić information content (AvgIpc) is 2.97. The molecule has 2 amide bonds. The van der Waals surface area contributed by atoms with Crippen LogP contribution in [0, 0.1) is 0 Å². The molecule has 6 heteroatoms. The maximum atomic E-state index is 13.2. The lowest BCUT2D eigenvalue weighted by molar-refractivity contribution is -0.133. The first-order chi connectivity index (χ1) is 14.0. The van der Waals surface area contributed by atoms with Crippen LogP contribution >= 0.6 is 0 Å². The number of methoxy groups -OCH3 is 1. The van der Waals surface area contributed by atoms with Crippen LogP contribution in [0.3, 0.4) is 0 Å². The Morgan fingerprint density at radius 1 is 1.03 bits per heavy atom. The summed E-state index contributed by atoms with van der Waals surface area (Å²) in [7, 11) is 1.55. The predicted octanol–water partition coefficient (Wildman–Crippen LogP) is 2.92. The summed E-state index contributed by atoms with van der Waals surface area (Å²) in [6, 6.07) is 22.7. The van der Waals surface area contributed by atoms with Crippen LogP contribution in [0.2, 0.25) is 0 Å². The molecule has 146 valence electrons. The van der Waals surface area contributed by atoms with Gasteiger partial charge in [-0.1, -0.05) is 54.6 Å². The molecule has 1 aliphatic rings. The molecule has 0 bridgehead atoms. The van der Waals surface area contributed by atoms with Gasteiger partial charge in [-0.2, -0.15) is 0 Å². The molecule has 0 aromatic heterocycles. The Hall–Kier alpha value is -3.64. The highest BCUT2D eigenvalue weighted by Crippen LogP contribution is 2.44. The van der Waals surface area contributed by atoms with Crippen LogP contribution in [-0.4, -0.2) is 30.6 Å². The van der Waals surface area contributed by atoms with Crippen LogP contribution in [0.4, 0.5) is 11.4 Å². The zero-order valence-electron chi connectivity index (χ0n) is 15.8. The normalized spacial score (nSPS) is 17.7.